The fourth-order valence-corrected chi connectivity index (χ4v) is 5.59. The quantitative estimate of drug-likeness (QED) is 0.757. The highest BCUT2D eigenvalue weighted by Gasteiger charge is 2.50. The first kappa shape index (κ1) is 21.2. The molecular formula is C22H30ClN3O4. The molecule has 2 amide bonds. The van der Waals surface area contributed by atoms with Crippen molar-refractivity contribution in [3.63, 3.8) is 0 Å². The lowest BCUT2D eigenvalue weighted by Gasteiger charge is -2.41. The average Bonchev–Trinajstić information content (AvgIpc) is 3.04. The number of aliphatic hydroxyl groups excluding tert-OH is 1. The maximum atomic E-state index is 13.5. The van der Waals surface area contributed by atoms with Gasteiger partial charge < -0.3 is 19.6 Å². The van der Waals surface area contributed by atoms with Gasteiger partial charge in [0, 0.05) is 31.4 Å². The summed E-state index contributed by atoms with van der Waals surface area (Å²) in [5, 5.41) is 13.0. The Balaban J connectivity index is 1.47. The largest absolute Gasteiger partial charge is 0.453 e. The number of piperidine rings is 1. The minimum Gasteiger partial charge on any atom is -0.453 e. The molecule has 1 aromatic carbocycles. The van der Waals surface area contributed by atoms with Crippen LogP contribution in [-0.4, -0.2) is 60.9 Å². The molecule has 0 unspecified atom stereocenters. The summed E-state index contributed by atoms with van der Waals surface area (Å²) in [6.07, 6.45) is 5.35. The zero-order valence-corrected chi connectivity index (χ0v) is 18.2. The van der Waals surface area contributed by atoms with Gasteiger partial charge in [0.25, 0.3) is 0 Å². The molecule has 1 atom stereocenters. The Labute approximate surface area is 182 Å². The zero-order valence-electron chi connectivity index (χ0n) is 17.4. The van der Waals surface area contributed by atoms with Crippen molar-refractivity contribution in [2.24, 2.45) is 5.41 Å². The van der Waals surface area contributed by atoms with E-state index in [9.17, 15) is 14.7 Å². The van der Waals surface area contributed by atoms with E-state index in [2.05, 4.69) is 19.9 Å². The second kappa shape index (κ2) is 8.63. The third-order valence-corrected chi connectivity index (χ3v) is 7.25. The van der Waals surface area contributed by atoms with E-state index in [1.165, 1.54) is 7.11 Å². The number of nitrogens with zero attached hydrogens (tertiary/aromatic N) is 2. The second-order valence-electron chi connectivity index (χ2n) is 8.80. The van der Waals surface area contributed by atoms with Gasteiger partial charge in [0.1, 0.15) is 0 Å². The van der Waals surface area contributed by atoms with E-state index in [1.54, 1.807) is 12.1 Å². The highest BCUT2D eigenvalue weighted by molar-refractivity contribution is 6.33. The molecule has 3 fully saturated rings. The number of hydrogen-bond donors (Lipinski definition) is 2. The molecule has 0 bridgehead atoms. The van der Waals surface area contributed by atoms with Crippen molar-refractivity contribution in [3.05, 3.63) is 23.2 Å². The number of nitrogens with one attached hydrogen (secondary N) is 1. The summed E-state index contributed by atoms with van der Waals surface area (Å²) < 4.78 is 4.62. The van der Waals surface area contributed by atoms with E-state index < -0.39 is 6.09 Å². The molecule has 1 aromatic rings. The Morgan fingerprint density at radius 3 is 2.70 bits per heavy atom. The summed E-state index contributed by atoms with van der Waals surface area (Å²) in [7, 11) is 1.32. The summed E-state index contributed by atoms with van der Waals surface area (Å²) in [4.78, 5) is 29.2. The molecule has 164 valence electrons. The average molecular weight is 436 g/mol. The third-order valence-electron chi connectivity index (χ3n) is 6.95. The number of likely N-dealkylation sites (tertiary alicyclic amines) is 1. The number of halogens is 1. The van der Waals surface area contributed by atoms with Crippen molar-refractivity contribution in [2.45, 2.75) is 57.1 Å². The topological polar surface area (TPSA) is 82.1 Å². The number of carbonyl (C=O) groups is 2. The molecule has 2 saturated heterocycles. The van der Waals surface area contributed by atoms with Crippen LogP contribution < -0.4 is 10.2 Å². The normalized spacial score (nSPS) is 29.4. The molecule has 8 heteroatoms. The van der Waals surface area contributed by atoms with Gasteiger partial charge in [-0.25, -0.2) is 4.79 Å². The lowest BCUT2D eigenvalue weighted by molar-refractivity contribution is -0.139. The van der Waals surface area contributed by atoms with Crippen LogP contribution >= 0.6 is 11.6 Å². The van der Waals surface area contributed by atoms with E-state index in [-0.39, 0.29) is 23.5 Å². The molecule has 1 aliphatic carbocycles. The van der Waals surface area contributed by atoms with Crippen molar-refractivity contribution in [2.75, 3.05) is 37.0 Å². The molecule has 1 saturated carbocycles. The maximum absolute atomic E-state index is 13.5. The molecule has 2 aliphatic heterocycles. The minimum absolute atomic E-state index is 0.211. The Morgan fingerprint density at radius 1 is 1.23 bits per heavy atom. The SMILES string of the molecule is COC(=O)Nc1ccc(N2CCC[C@]3(CCN([C@H]4CC[C@H](O)CC4)C3=O)C2)c(Cl)c1. The molecule has 30 heavy (non-hydrogen) atoms. The Bertz CT molecular complexity index is 812. The molecular weight excluding hydrogens is 406 g/mol. The van der Waals surface area contributed by atoms with Crippen LogP contribution in [0.1, 0.15) is 44.9 Å². The number of amides is 2. The van der Waals surface area contributed by atoms with Crippen LogP contribution in [0.5, 0.6) is 0 Å². The second-order valence-corrected chi connectivity index (χ2v) is 9.21. The van der Waals surface area contributed by atoms with Crippen molar-refractivity contribution in [1.29, 1.82) is 0 Å². The predicted octanol–water partition coefficient (Wildman–Crippen LogP) is 3.64. The number of rotatable bonds is 3. The standard InChI is InChI=1S/C22H30ClN3O4/c1-30-21(29)24-15-3-8-19(18(23)13-15)25-11-2-9-22(14-25)10-12-26(20(22)28)16-4-6-17(27)7-5-16/h3,8,13,16-17,27H,2,4-7,9-12,14H2,1H3,(H,24,29)/t16-,17-,22-/m0/s1. The van der Waals surface area contributed by atoms with Gasteiger partial charge in [-0.1, -0.05) is 11.6 Å². The number of aliphatic hydroxyl groups is 1. The smallest absolute Gasteiger partial charge is 0.411 e. The van der Waals surface area contributed by atoms with Gasteiger partial charge in [0.15, 0.2) is 0 Å². The van der Waals surface area contributed by atoms with Gasteiger partial charge >= 0.3 is 6.09 Å². The highest BCUT2D eigenvalue weighted by atomic mass is 35.5. The van der Waals surface area contributed by atoms with Crippen LogP contribution in [-0.2, 0) is 9.53 Å². The maximum Gasteiger partial charge on any atom is 0.411 e. The number of anilines is 2. The molecule has 7 nitrogen and oxygen atoms in total. The van der Waals surface area contributed by atoms with Crippen molar-refractivity contribution >= 4 is 35.0 Å². The highest BCUT2D eigenvalue weighted by Crippen LogP contribution is 2.44. The fourth-order valence-electron chi connectivity index (χ4n) is 5.29. The predicted molar refractivity (Wildman–Crippen MR) is 116 cm³/mol. The van der Waals surface area contributed by atoms with Crippen LogP contribution in [0.2, 0.25) is 5.02 Å². The van der Waals surface area contributed by atoms with E-state index in [0.29, 0.717) is 17.3 Å². The number of methoxy groups -OCH3 is 1. The molecule has 1 spiro atoms. The first-order valence-electron chi connectivity index (χ1n) is 10.8. The Morgan fingerprint density at radius 2 is 2.00 bits per heavy atom. The molecule has 4 rings (SSSR count). The number of carbonyl (C=O) groups excluding carboxylic acids is 2. The summed E-state index contributed by atoms with van der Waals surface area (Å²) in [5.41, 5.74) is 1.11. The summed E-state index contributed by atoms with van der Waals surface area (Å²) in [6, 6.07) is 5.68. The third kappa shape index (κ3) is 4.10. The van der Waals surface area contributed by atoms with Crippen molar-refractivity contribution in [1.82, 2.24) is 4.90 Å². The van der Waals surface area contributed by atoms with Gasteiger partial charge in [0.05, 0.1) is 29.3 Å². The molecule has 2 heterocycles. The molecule has 0 aromatic heterocycles. The number of benzene rings is 1. The first-order valence-corrected chi connectivity index (χ1v) is 11.2. The van der Waals surface area contributed by atoms with Gasteiger partial charge in [-0.3, -0.25) is 10.1 Å². The van der Waals surface area contributed by atoms with Crippen molar-refractivity contribution in [3.8, 4) is 0 Å². The van der Waals surface area contributed by atoms with Crippen LogP contribution in [0.4, 0.5) is 16.2 Å². The van der Waals surface area contributed by atoms with Crippen molar-refractivity contribution < 1.29 is 19.4 Å². The summed E-state index contributed by atoms with van der Waals surface area (Å²) in [6.45, 7) is 2.33. The van der Waals surface area contributed by atoms with Crippen LogP contribution in [0, 0.1) is 5.41 Å². The van der Waals surface area contributed by atoms with Gasteiger partial charge in [-0.2, -0.15) is 0 Å². The summed E-state index contributed by atoms with van der Waals surface area (Å²) in [5.74, 6) is 0.272. The lowest BCUT2D eigenvalue weighted by Crippen LogP contribution is -2.50. The Kier molecular flexibility index (Phi) is 6.11. The van der Waals surface area contributed by atoms with E-state index in [4.69, 9.17) is 11.6 Å². The molecule has 0 radical (unpaired) electrons. The molecule has 2 N–H and O–H groups in total. The van der Waals surface area contributed by atoms with Gasteiger partial charge in [0.2, 0.25) is 5.91 Å². The van der Waals surface area contributed by atoms with Crippen LogP contribution in [0.25, 0.3) is 0 Å². The fraction of sp³-hybridized carbons (Fsp3) is 0.636. The monoisotopic (exact) mass is 435 g/mol. The Hall–Kier alpha value is -1.99. The minimum atomic E-state index is -0.539. The first-order chi connectivity index (χ1) is 14.4. The summed E-state index contributed by atoms with van der Waals surface area (Å²) >= 11 is 6.53. The van der Waals surface area contributed by atoms with Crippen LogP contribution in [0.3, 0.4) is 0 Å². The van der Waals surface area contributed by atoms with E-state index >= 15 is 0 Å². The number of hydrogen-bond acceptors (Lipinski definition) is 5. The van der Waals surface area contributed by atoms with Crippen LogP contribution in [0.15, 0.2) is 18.2 Å². The van der Waals surface area contributed by atoms with E-state index in [0.717, 1.165) is 63.7 Å². The lowest BCUT2D eigenvalue weighted by atomic mass is 9.78. The molecule has 3 aliphatic rings. The van der Waals surface area contributed by atoms with E-state index in [1.807, 2.05) is 6.07 Å². The zero-order chi connectivity index (χ0) is 21.3. The van der Waals surface area contributed by atoms with Gasteiger partial charge in [-0.05, 0) is 63.1 Å². The number of ether oxygens (including phenoxy) is 1. The van der Waals surface area contributed by atoms with Gasteiger partial charge in [-0.15, -0.1) is 0 Å².